The first kappa shape index (κ1) is 32.6. The second-order valence-corrected chi connectivity index (χ2v) is 15.1. The summed E-state index contributed by atoms with van der Waals surface area (Å²) in [6.45, 7) is 0. The Labute approximate surface area is 276 Å². The van der Waals surface area contributed by atoms with Crippen molar-refractivity contribution in [2.75, 3.05) is 11.5 Å². The molecule has 9 heteroatoms. The number of amides is 2. The van der Waals surface area contributed by atoms with E-state index in [9.17, 15) is 24.0 Å². The maximum absolute atomic E-state index is 14.2. The maximum Gasteiger partial charge on any atom is 0.224 e. The molecule has 244 valence electrons. The highest BCUT2D eigenvalue weighted by atomic mass is 32.2. The molecule has 47 heavy (non-hydrogen) atoms. The van der Waals surface area contributed by atoms with Crippen molar-refractivity contribution < 1.29 is 24.0 Å². The molecular weight excluding hydrogens is 611 g/mol. The van der Waals surface area contributed by atoms with E-state index in [1.54, 1.807) is 0 Å². The quantitative estimate of drug-likeness (QED) is 0.156. The summed E-state index contributed by atoms with van der Waals surface area (Å²) in [5, 5.41) is 27.6. The zero-order valence-corrected chi connectivity index (χ0v) is 26.9. The van der Waals surface area contributed by atoms with Gasteiger partial charge < -0.3 is 20.8 Å². The van der Waals surface area contributed by atoms with Crippen LogP contribution in [0.2, 0.25) is 0 Å². The smallest absolute Gasteiger partial charge is 0.224 e. The van der Waals surface area contributed by atoms with Crippen LogP contribution in [0, 0.1) is 16.6 Å². The predicted molar refractivity (Wildman–Crippen MR) is 182 cm³/mol. The van der Waals surface area contributed by atoms with Crippen LogP contribution >= 0.6 is 0 Å². The predicted octanol–water partition coefficient (Wildman–Crippen LogP) is 4.30. The molecular formula is C38H41N3O5S. The van der Waals surface area contributed by atoms with Crippen LogP contribution in [0.1, 0.15) is 45.5 Å². The third-order valence-corrected chi connectivity index (χ3v) is 11.2. The third-order valence-electron chi connectivity index (χ3n) is 9.34. The summed E-state index contributed by atoms with van der Waals surface area (Å²) in [7, 11) is -3.47. The Morgan fingerprint density at radius 2 is 1.00 bits per heavy atom. The van der Waals surface area contributed by atoms with Crippen LogP contribution in [-0.2, 0) is 45.0 Å². The second kappa shape index (κ2) is 14.2. The normalized spacial score (nSPS) is 21.3. The molecule has 2 aliphatic carbocycles. The molecule has 0 bridgehead atoms. The van der Waals surface area contributed by atoms with Crippen LogP contribution in [0.5, 0.6) is 0 Å². The van der Waals surface area contributed by atoms with Gasteiger partial charge in [-0.3, -0.25) is 14.4 Å². The first-order chi connectivity index (χ1) is 22.7. The third kappa shape index (κ3) is 7.81. The van der Waals surface area contributed by atoms with E-state index in [0.29, 0.717) is 12.8 Å². The van der Waals surface area contributed by atoms with Crippen LogP contribution < -0.4 is 10.6 Å². The molecule has 0 saturated carbocycles. The number of hydrogen-bond donors (Lipinski definition) is 5. The van der Waals surface area contributed by atoms with Gasteiger partial charge in [0, 0.05) is 34.1 Å². The Bertz CT molecular complexity index is 1690. The van der Waals surface area contributed by atoms with Crippen molar-refractivity contribution in [1.82, 2.24) is 10.6 Å². The van der Waals surface area contributed by atoms with Crippen molar-refractivity contribution in [3.05, 3.63) is 143 Å². The van der Waals surface area contributed by atoms with E-state index in [0.717, 1.165) is 33.4 Å². The Balaban J connectivity index is 1.23. The fourth-order valence-electron chi connectivity index (χ4n) is 7.01. The van der Waals surface area contributed by atoms with E-state index >= 15 is 0 Å². The van der Waals surface area contributed by atoms with Gasteiger partial charge in [0.05, 0.1) is 36.1 Å². The standard InChI is InChI=1S/C38H41N3O5S/c39-47(46,23-29(19-25-11-3-1-4-12-25)37(44)40-35-31-17-9-7-15-27(31)21-33(35)42)24-30(20-26-13-5-2-6-14-26)38(45)41-36-32-18-10-8-16-28(32)22-34(36)43/h1-18,29-30,33-36,39,42-43H,19-24H2,(H,40,44)(H,41,45)/t29-,30-,33-,34-,35+,36+/m1/s1. The van der Waals surface area contributed by atoms with Gasteiger partial charge in [0.25, 0.3) is 0 Å². The first-order valence-corrected chi connectivity index (χ1v) is 18.0. The summed E-state index contributed by atoms with van der Waals surface area (Å²) in [6, 6.07) is 32.8. The summed E-state index contributed by atoms with van der Waals surface area (Å²) in [4.78, 5) is 27.8. The molecule has 8 nitrogen and oxygen atoms in total. The lowest BCUT2D eigenvalue weighted by atomic mass is 9.98. The number of hydrogen-bond acceptors (Lipinski definition) is 6. The van der Waals surface area contributed by atoms with Crippen LogP contribution in [0.15, 0.2) is 109 Å². The van der Waals surface area contributed by atoms with E-state index < -0.39 is 45.9 Å². The molecule has 5 N–H and O–H groups in total. The summed E-state index contributed by atoms with van der Waals surface area (Å²) < 4.78 is 23.3. The number of carbonyl (C=O) groups is 2. The lowest BCUT2D eigenvalue weighted by molar-refractivity contribution is -0.126. The van der Waals surface area contributed by atoms with Gasteiger partial charge in [-0.15, -0.1) is 0 Å². The van der Waals surface area contributed by atoms with E-state index in [1.807, 2.05) is 109 Å². The van der Waals surface area contributed by atoms with Gasteiger partial charge in [0.2, 0.25) is 11.8 Å². The average molecular weight is 652 g/mol. The van der Waals surface area contributed by atoms with Crippen molar-refractivity contribution in [2.45, 2.75) is 50.0 Å². The largest absolute Gasteiger partial charge is 0.390 e. The molecule has 0 spiro atoms. The SMILES string of the molecule is N=S(=O)(C[C@@H](Cc1ccccc1)C(=O)N[C@H]1c2ccccc2C[C@H]1O)C[C@@H](Cc1ccccc1)C(=O)N[C@H]1c2ccccc2C[C@H]1O. The van der Waals surface area contributed by atoms with Crippen LogP contribution in [0.3, 0.4) is 0 Å². The van der Waals surface area contributed by atoms with Crippen molar-refractivity contribution in [3.8, 4) is 0 Å². The molecule has 6 atom stereocenters. The number of aliphatic hydroxyl groups is 2. The maximum atomic E-state index is 14.2. The van der Waals surface area contributed by atoms with E-state index in [4.69, 9.17) is 4.78 Å². The number of aliphatic hydroxyl groups excluding tert-OH is 2. The zero-order valence-electron chi connectivity index (χ0n) is 26.1. The number of nitrogens with one attached hydrogen (secondary N) is 3. The number of carbonyl (C=O) groups excluding carboxylic acids is 2. The average Bonchev–Trinajstić information content (AvgIpc) is 3.55. The summed E-state index contributed by atoms with van der Waals surface area (Å²) >= 11 is 0. The topological polar surface area (TPSA) is 140 Å². The Morgan fingerprint density at radius 1 is 0.638 bits per heavy atom. The lowest BCUT2D eigenvalue weighted by Crippen LogP contribution is -2.43. The monoisotopic (exact) mass is 651 g/mol. The van der Waals surface area contributed by atoms with Crippen molar-refractivity contribution in [1.29, 1.82) is 4.78 Å². The Kier molecular flexibility index (Phi) is 9.87. The molecule has 0 saturated heterocycles. The molecule has 4 aromatic carbocycles. The Morgan fingerprint density at radius 3 is 1.40 bits per heavy atom. The summed E-state index contributed by atoms with van der Waals surface area (Å²) in [6.07, 6.45) is -0.207. The Hall–Kier alpha value is -4.31. The van der Waals surface area contributed by atoms with Crippen LogP contribution in [0.4, 0.5) is 0 Å². The molecule has 0 aliphatic heterocycles. The highest BCUT2D eigenvalue weighted by Crippen LogP contribution is 2.33. The summed E-state index contributed by atoms with van der Waals surface area (Å²) in [5.74, 6) is -2.91. The van der Waals surface area contributed by atoms with Gasteiger partial charge >= 0.3 is 0 Å². The van der Waals surface area contributed by atoms with E-state index in [-0.39, 0.29) is 36.2 Å². The molecule has 0 heterocycles. The summed E-state index contributed by atoms with van der Waals surface area (Å²) in [5.41, 5.74) is 5.38. The molecule has 0 unspecified atom stereocenters. The fraction of sp³-hybridized carbons (Fsp3) is 0.316. The van der Waals surface area contributed by atoms with Gasteiger partial charge in [-0.1, -0.05) is 109 Å². The second-order valence-electron chi connectivity index (χ2n) is 12.8. The highest BCUT2D eigenvalue weighted by Gasteiger charge is 2.37. The zero-order chi connectivity index (χ0) is 33.0. The van der Waals surface area contributed by atoms with E-state index in [1.165, 1.54) is 0 Å². The van der Waals surface area contributed by atoms with Crippen molar-refractivity contribution in [2.24, 2.45) is 11.8 Å². The van der Waals surface area contributed by atoms with Gasteiger partial charge in [-0.05, 0) is 46.2 Å². The van der Waals surface area contributed by atoms with Crippen LogP contribution in [-0.4, -0.2) is 49.9 Å². The van der Waals surface area contributed by atoms with Gasteiger partial charge in [0.1, 0.15) is 0 Å². The highest BCUT2D eigenvalue weighted by molar-refractivity contribution is 7.92. The molecule has 6 rings (SSSR count). The molecule has 0 fully saturated rings. The number of fused-ring (bicyclic) bond motifs is 2. The minimum Gasteiger partial charge on any atom is -0.390 e. The van der Waals surface area contributed by atoms with Crippen LogP contribution in [0.25, 0.3) is 0 Å². The molecule has 0 aromatic heterocycles. The molecule has 2 aliphatic rings. The van der Waals surface area contributed by atoms with Gasteiger partial charge in [-0.25, -0.2) is 4.21 Å². The number of rotatable bonds is 12. The lowest BCUT2D eigenvalue weighted by Gasteiger charge is -2.26. The fourth-order valence-corrected chi connectivity index (χ4v) is 8.98. The minimum atomic E-state index is -3.47. The van der Waals surface area contributed by atoms with E-state index in [2.05, 4.69) is 10.6 Å². The van der Waals surface area contributed by atoms with Crippen molar-refractivity contribution >= 4 is 21.5 Å². The van der Waals surface area contributed by atoms with Gasteiger partial charge in [0.15, 0.2) is 0 Å². The molecule has 4 aromatic rings. The minimum absolute atomic E-state index is 0.244. The van der Waals surface area contributed by atoms with Crippen molar-refractivity contribution in [3.63, 3.8) is 0 Å². The molecule has 0 radical (unpaired) electrons. The number of benzene rings is 4. The first-order valence-electron chi connectivity index (χ1n) is 16.1. The van der Waals surface area contributed by atoms with Gasteiger partial charge in [-0.2, -0.15) is 0 Å². The molecule has 2 amide bonds.